The van der Waals surface area contributed by atoms with Gasteiger partial charge in [0.2, 0.25) is 0 Å². The monoisotopic (exact) mass is 266 g/mol. The molecule has 1 saturated heterocycles. The summed E-state index contributed by atoms with van der Waals surface area (Å²) in [7, 11) is 0. The summed E-state index contributed by atoms with van der Waals surface area (Å²) in [6.45, 7) is 8.81. The molecule has 0 bridgehead atoms. The molecule has 2 aliphatic rings. The van der Waals surface area contributed by atoms with Crippen molar-refractivity contribution in [2.24, 2.45) is 5.41 Å². The van der Waals surface area contributed by atoms with Gasteiger partial charge in [-0.05, 0) is 57.2 Å². The average molecular weight is 266 g/mol. The molecule has 0 aromatic rings. The van der Waals surface area contributed by atoms with E-state index < -0.39 is 0 Å². The first-order chi connectivity index (χ1) is 9.35. The third kappa shape index (κ3) is 5.07. The Morgan fingerprint density at radius 2 is 1.53 bits per heavy atom. The number of rotatable bonds is 6. The second kappa shape index (κ2) is 8.26. The van der Waals surface area contributed by atoms with Crippen molar-refractivity contribution in [3.8, 4) is 0 Å². The standard InChI is InChI=1S/C17H34N2/c1-2-12-18-15-17(10-6-7-11-17)16-19-13-8-4-3-5-9-14-19/h18H,2-16H2,1H3. The van der Waals surface area contributed by atoms with E-state index in [2.05, 4.69) is 17.1 Å². The Labute approximate surface area is 120 Å². The van der Waals surface area contributed by atoms with Crippen LogP contribution in [0, 0.1) is 5.41 Å². The van der Waals surface area contributed by atoms with Gasteiger partial charge in [-0.2, -0.15) is 0 Å². The number of likely N-dealkylation sites (tertiary alicyclic amines) is 1. The van der Waals surface area contributed by atoms with Crippen LogP contribution in [0.25, 0.3) is 0 Å². The van der Waals surface area contributed by atoms with E-state index >= 15 is 0 Å². The van der Waals surface area contributed by atoms with Gasteiger partial charge in [-0.25, -0.2) is 0 Å². The van der Waals surface area contributed by atoms with Gasteiger partial charge in [-0.1, -0.05) is 39.0 Å². The van der Waals surface area contributed by atoms with Crippen LogP contribution in [0.3, 0.4) is 0 Å². The molecule has 0 amide bonds. The highest BCUT2D eigenvalue weighted by Crippen LogP contribution is 2.38. The summed E-state index contributed by atoms with van der Waals surface area (Å²) in [4.78, 5) is 2.79. The van der Waals surface area contributed by atoms with Crippen molar-refractivity contribution in [2.45, 2.75) is 71.1 Å². The molecule has 0 aromatic heterocycles. The average Bonchev–Trinajstić information content (AvgIpc) is 2.82. The fourth-order valence-corrected chi connectivity index (χ4v) is 3.99. The van der Waals surface area contributed by atoms with Crippen LogP contribution in [-0.2, 0) is 0 Å². The van der Waals surface area contributed by atoms with E-state index in [1.807, 2.05) is 0 Å². The quantitative estimate of drug-likeness (QED) is 0.735. The Morgan fingerprint density at radius 1 is 0.895 bits per heavy atom. The molecule has 19 heavy (non-hydrogen) atoms. The van der Waals surface area contributed by atoms with Gasteiger partial charge in [-0.3, -0.25) is 0 Å². The number of nitrogens with one attached hydrogen (secondary N) is 1. The molecule has 1 aliphatic heterocycles. The van der Waals surface area contributed by atoms with Crippen LogP contribution in [0.5, 0.6) is 0 Å². The lowest BCUT2D eigenvalue weighted by molar-refractivity contribution is 0.139. The third-order valence-corrected chi connectivity index (χ3v) is 5.10. The van der Waals surface area contributed by atoms with E-state index in [0.717, 1.165) is 0 Å². The molecule has 1 aliphatic carbocycles. The van der Waals surface area contributed by atoms with Gasteiger partial charge in [0.15, 0.2) is 0 Å². The minimum Gasteiger partial charge on any atom is -0.316 e. The maximum Gasteiger partial charge on any atom is 0.00501 e. The van der Waals surface area contributed by atoms with E-state index in [4.69, 9.17) is 0 Å². The SMILES string of the molecule is CCCNCC1(CN2CCCCCCC2)CCCC1. The molecule has 1 N–H and O–H groups in total. The van der Waals surface area contributed by atoms with Gasteiger partial charge in [0.1, 0.15) is 0 Å². The Bertz CT molecular complexity index is 225. The molecule has 112 valence electrons. The zero-order valence-corrected chi connectivity index (χ0v) is 13.1. The summed E-state index contributed by atoms with van der Waals surface area (Å²) in [5, 5.41) is 3.71. The first-order valence-electron chi connectivity index (χ1n) is 8.78. The maximum atomic E-state index is 3.71. The first kappa shape index (κ1) is 15.3. The van der Waals surface area contributed by atoms with Gasteiger partial charge in [0.25, 0.3) is 0 Å². The van der Waals surface area contributed by atoms with Crippen molar-refractivity contribution in [1.82, 2.24) is 10.2 Å². The number of nitrogens with zero attached hydrogens (tertiary/aromatic N) is 1. The van der Waals surface area contributed by atoms with Crippen molar-refractivity contribution in [2.75, 3.05) is 32.7 Å². The molecule has 2 rings (SSSR count). The fraction of sp³-hybridized carbons (Fsp3) is 1.00. The van der Waals surface area contributed by atoms with Gasteiger partial charge in [0.05, 0.1) is 0 Å². The normalized spacial score (nSPS) is 25.1. The molecule has 0 unspecified atom stereocenters. The lowest BCUT2D eigenvalue weighted by atomic mass is 9.85. The van der Waals surface area contributed by atoms with Crippen LogP contribution < -0.4 is 5.32 Å². The Balaban J connectivity index is 1.83. The predicted octanol–water partition coefficient (Wildman–Crippen LogP) is 3.81. The maximum absolute atomic E-state index is 3.71. The Hall–Kier alpha value is -0.0800. The molecule has 1 saturated carbocycles. The van der Waals surface area contributed by atoms with Crippen molar-refractivity contribution in [3.63, 3.8) is 0 Å². The Morgan fingerprint density at radius 3 is 2.16 bits per heavy atom. The summed E-state index contributed by atoms with van der Waals surface area (Å²) < 4.78 is 0. The van der Waals surface area contributed by atoms with Gasteiger partial charge in [0, 0.05) is 13.1 Å². The van der Waals surface area contributed by atoms with Gasteiger partial charge >= 0.3 is 0 Å². The first-order valence-corrected chi connectivity index (χ1v) is 8.78. The largest absolute Gasteiger partial charge is 0.316 e. The molecule has 0 radical (unpaired) electrons. The molecule has 2 fully saturated rings. The molecule has 0 aromatic carbocycles. The van der Waals surface area contributed by atoms with Crippen molar-refractivity contribution >= 4 is 0 Å². The third-order valence-electron chi connectivity index (χ3n) is 5.10. The lowest BCUT2D eigenvalue weighted by Crippen LogP contribution is -2.43. The summed E-state index contributed by atoms with van der Waals surface area (Å²) in [6.07, 6.45) is 14.3. The smallest absolute Gasteiger partial charge is 0.00501 e. The predicted molar refractivity (Wildman–Crippen MR) is 83.6 cm³/mol. The minimum absolute atomic E-state index is 0.606. The summed E-state index contributed by atoms with van der Waals surface area (Å²) >= 11 is 0. The topological polar surface area (TPSA) is 15.3 Å². The fourth-order valence-electron chi connectivity index (χ4n) is 3.99. The number of hydrogen-bond donors (Lipinski definition) is 1. The number of hydrogen-bond acceptors (Lipinski definition) is 2. The molecule has 1 heterocycles. The van der Waals surface area contributed by atoms with E-state index in [0.29, 0.717) is 5.41 Å². The van der Waals surface area contributed by atoms with Crippen molar-refractivity contribution in [3.05, 3.63) is 0 Å². The van der Waals surface area contributed by atoms with Gasteiger partial charge in [-0.15, -0.1) is 0 Å². The molecule has 2 heteroatoms. The Kier molecular flexibility index (Phi) is 6.66. The van der Waals surface area contributed by atoms with Crippen LogP contribution in [0.1, 0.15) is 71.1 Å². The molecule has 0 spiro atoms. The lowest BCUT2D eigenvalue weighted by Gasteiger charge is -2.36. The second-order valence-corrected chi connectivity index (χ2v) is 6.93. The summed E-state index contributed by atoms with van der Waals surface area (Å²) in [6, 6.07) is 0. The minimum atomic E-state index is 0.606. The molecule has 0 atom stereocenters. The summed E-state index contributed by atoms with van der Waals surface area (Å²) in [5.74, 6) is 0. The highest BCUT2D eigenvalue weighted by atomic mass is 15.1. The highest BCUT2D eigenvalue weighted by molar-refractivity contribution is 4.89. The van der Waals surface area contributed by atoms with Crippen LogP contribution in [0.4, 0.5) is 0 Å². The van der Waals surface area contributed by atoms with Crippen LogP contribution in [0.2, 0.25) is 0 Å². The van der Waals surface area contributed by atoms with Crippen molar-refractivity contribution in [1.29, 1.82) is 0 Å². The zero-order valence-electron chi connectivity index (χ0n) is 13.1. The molecular formula is C17H34N2. The van der Waals surface area contributed by atoms with Crippen LogP contribution in [0.15, 0.2) is 0 Å². The van der Waals surface area contributed by atoms with Crippen LogP contribution in [-0.4, -0.2) is 37.6 Å². The zero-order chi connectivity index (χ0) is 13.4. The summed E-state index contributed by atoms with van der Waals surface area (Å²) in [5.41, 5.74) is 0.606. The van der Waals surface area contributed by atoms with E-state index in [-0.39, 0.29) is 0 Å². The molecular weight excluding hydrogens is 232 g/mol. The van der Waals surface area contributed by atoms with Crippen LogP contribution >= 0.6 is 0 Å². The second-order valence-electron chi connectivity index (χ2n) is 6.93. The highest BCUT2D eigenvalue weighted by Gasteiger charge is 2.34. The van der Waals surface area contributed by atoms with E-state index in [1.54, 1.807) is 0 Å². The van der Waals surface area contributed by atoms with Crippen molar-refractivity contribution < 1.29 is 0 Å². The van der Waals surface area contributed by atoms with Gasteiger partial charge < -0.3 is 10.2 Å². The van der Waals surface area contributed by atoms with E-state index in [1.165, 1.54) is 96.9 Å². The molecule has 2 nitrogen and oxygen atoms in total. The van der Waals surface area contributed by atoms with E-state index in [9.17, 15) is 0 Å².